The highest BCUT2D eigenvalue weighted by molar-refractivity contribution is 6.35. The van der Waals surface area contributed by atoms with Crippen molar-refractivity contribution in [3.63, 3.8) is 0 Å². The first kappa shape index (κ1) is 16.5. The Morgan fingerprint density at radius 2 is 2.17 bits per heavy atom. The van der Waals surface area contributed by atoms with Gasteiger partial charge < -0.3 is 5.32 Å². The maximum absolute atomic E-state index is 12.1. The Labute approximate surface area is 145 Å². The van der Waals surface area contributed by atoms with Gasteiger partial charge >= 0.3 is 0 Å². The summed E-state index contributed by atoms with van der Waals surface area (Å²) in [5.74, 6) is -0.141. The fraction of sp³-hybridized carbons (Fsp3) is 0.353. The maximum atomic E-state index is 12.1. The lowest BCUT2D eigenvalue weighted by Crippen LogP contribution is -2.26. The average Bonchev–Trinajstić information content (AvgIpc) is 3.20. The van der Waals surface area contributed by atoms with Gasteiger partial charge in [-0.1, -0.05) is 24.6 Å². The zero-order chi connectivity index (χ0) is 16.9. The number of rotatable bonds is 7. The predicted molar refractivity (Wildman–Crippen MR) is 94.2 cm³/mol. The second-order valence-electron chi connectivity index (χ2n) is 5.61. The van der Waals surface area contributed by atoms with E-state index in [4.69, 9.17) is 11.6 Å². The number of hydrogen-bond donors (Lipinski definition) is 1. The third-order valence-electron chi connectivity index (χ3n) is 3.79. The molecule has 3 aromatic rings. The first-order valence-corrected chi connectivity index (χ1v) is 8.48. The lowest BCUT2D eigenvalue weighted by Gasteiger charge is -2.05. The summed E-state index contributed by atoms with van der Waals surface area (Å²) in [5.41, 5.74) is 1.46. The van der Waals surface area contributed by atoms with E-state index in [2.05, 4.69) is 22.4 Å². The highest BCUT2D eigenvalue weighted by Gasteiger charge is 2.09. The number of aryl methyl sites for hydroxylation is 2. The summed E-state index contributed by atoms with van der Waals surface area (Å²) >= 11 is 6.15. The standard InChI is InChI=1S/C17H20ClN5O/c1-2-9-22-11-7-15(21-22)17(24)19-8-4-10-23-16-6-3-5-14(18)13(16)12-20-23/h3,5-7,11-12H,2,4,8-10H2,1H3,(H,19,24). The SMILES string of the molecule is CCCn1ccc(C(=O)NCCCn2ncc3c(Cl)cccc32)n1. The van der Waals surface area contributed by atoms with E-state index in [0.29, 0.717) is 23.8 Å². The molecule has 1 N–H and O–H groups in total. The number of benzene rings is 1. The summed E-state index contributed by atoms with van der Waals surface area (Å²) in [6, 6.07) is 7.51. The largest absolute Gasteiger partial charge is 0.351 e. The monoisotopic (exact) mass is 345 g/mol. The third kappa shape index (κ3) is 3.59. The molecule has 1 aromatic carbocycles. The molecule has 0 saturated heterocycles. The van der Waals surface area contributed by atoms with E-state index in [1.54, 1.807) is 16.9 Å². The van der Waals surface area contributed by atoms with Gasteiger partial charge in [0.2, 0.25) is 0 Å². The number of hydrogen-bond acceptors (Lipinski definition) is 3. The molecule has 0 unspecified atom stereocenters. The minimum atomic E-state index is -0.141. The van der Waals surface area contributed by atoms with Crippen LogP contribution in [0.15, 0.2) is 36.7 Å². The van der Waals surface area contributed by atoms with Gasteiger partial charge in [-0.25, -0.2) is 0 Å². The van der Waals surface area contributed by atoms with Crippen molar-refractivity contribution in [1.29, 1.82) is 0 Å². The molecule has 6 nitrogen and oxygen atoms in total. The average molecular weight is 346 g/mol. The van der Waals surface area contributed by atoms with Crippen molar-refractivity contribution in [2.45, 2.75) is 32.9 Å². The Morgan fingerprint density at radius 1 is 1.29 bits per heavy atom. The molecule has 0 aliphatic heterocycles. The van der Waals surface area contributed by atoms with Crippen LogP contribution in [0.25, 0.3) is 10.9 Å². The molecular weight excluding hydrogens is 326 g/mol. The second-order valence-corrected chi connectivity index (χ2v) is 6.02. The molecule has 0 aliphatic rings. The third-order valence-corrected chi connectivity index (χ3v) is 4.12. The summed E-state index contributed by atoms with van der Waals surface area (Å²) < 4.78 is 3.69. The van der Waals surface area contributed by atoms with Gasteiger partial charge in [0.05, 0.1) is 16.7 Å². The molecule has 0 aliphatic carbocycles. The molecule has 1 amide bonds. The van der Waals surface area contributed by atoms with E-state index in [1.165, 1.54) is 0 Å². The summed E-state index contributed by atoms with van der Waals surface area (Å²) in [6.45, 7) is 4.19. The van der Waals surface area contributed by atoms with E-state index < -0.39 is 0 Å². The number of carbonyl (C=O) groups is 1. The Balaban J connectivity index is 1.51. The lowest BCUT2D eigenvalue weighted by atomic mass is 10.2. The zero-order valence-corrected chi connectivity index (χ0v) is 14.3. The fourth-order valence-electron chi connectivity index (χ4n) is 2.60. The van der Waals surface area contributed by atoms with Crippen molar-refractivity contribution >= 4 is 28.4 Å². The molecule has 0 radical (unpaired) electrons. The van der Waals surface area contributed by atoms with E-state index in [1.807, 2.05) is 29.1 Å². The molecule has 3 rings (SSSR count). The molecule has 0 saturated carbocycles. The first-order valence-electron chi connectivity index (χ1n) is 8.10. The highest BCUT2D eigenvalue weighted by atomic mass is 35.5. The van der Waals surface area contributed by atoms with Crippen molar-refractivity contribution in [1.82, 2.24) is 24.9 Å². The van der Waals surface area contributed by atoms with Crippen LogP contribution in [0, 0.1) is 0 Å². The number of nitrogens with one attached hydrogen (secondary N) is 1. The van der Waals surface area contributed by atoms with Gasteiger partial charge in [-0.05, 0) is 31.0 Å². The van der Waals surface area contributed by atoms with Gasteiger partial charge in [0, 0.05) is 31.2 Å². The molecule has 0 spiro atoms. The van der Waals surface area contributed by atoms with Crippen LogP contribution >= 0.6 is 11.6 Å². The highest BCUT2D eigenvalue weighted by Crippen LogP contribution is 2.22. The summed E-state index contributed by atoms with van der Waals surface area (Å²) in [5, 5.41) is 13.2. The number of halogens is 1. The van der Waals surface area contributed by atoms with Gasteiger partial charge in [0.25, 0.3) is 5.91 Å². The van der Waals surface area contributed by atoms with Crippen molar-refractivity contribution in [2.75, 3.05) is 6.54 Å². The fourth-order valence-corrected chi connectivity index (χ4v) is 2.82. The van der Waals surface area contributed by atoms with E-state index in [9.17, 15) is 4.79 Å². The number of aromatic nitrogens is 4. The van der Waals surface area contributed by atoms with Crippen LogP contribution in [0.5, 0.6) is 0 Å². The smallest absolute Gasteiger partial charge is 0.271 e. The molecular formula is C17H20ClN5O. The van der Waals surface area contributed by atoms with Crippen LogP contribution < -0.4 is 5.32 Å². The lowest BCUT2D eigenvalue weighted by molar-refractivity contribution is 0.0946. The van der Waals surface area contributed by atoms with Crippen LogP contribution in [0.2, 0.25) is 5.02 Å². The second kappa shape index (κ2) is 7.49. The van der Waals surface area contributed by atoms with Crippen molar-refractivity contribution in [3.05, 3.63) is 47.4 Å². The van der Waals surface area contributed by atoms with Gasteiger partial charge in [-0.3, -0.25) is 14.2 Å². The van der Waals surface area contributed by atoms with Crippen LogP contribution in [0.4, 0.5) is 0 Å². The number of nitrogens with zero attached hydrogens (tertiary/aromatic N) is 4. The van der Waals surface area contributed by atoms with Crippen molar-refractivity contribution in [2.24, 2.45) is 0 Å². The molecule has 0 atom stereocenters. The topological polar surface area (TPSA) is 64.7 Å². The van der Waals surface area contributed by atoms with Crippen molar-refractivity contribution in [3.8, 4) is 0 Å². The van der Waals surface area contributed by atoms with Crippen molar-refractivity contribution < 1.29 is 4.79 Å². The summed E-state index contributed by atoms with van der Waals surface area (Å²) in [4.78, 5) is 12.1. The molecule has 126 valence electrons. The van der Waals surface area contributed by atoms with Gasteiger partial charge in [-0.2, -0.15) is 10.2 Å². The van der Waals surface area contributed by atoms with E-state index in [-0.39, 0.29) is 5.91 Å². The van der Waals surface area contributed by atoms with Gasteiger partial charge in [-0.15, -0.1) is 0 Å². The van der Waals surface area contributed by atoms with Gasteiger partial charge in [0.15, 0.2) is 0 Å². The summed E-state index contributed by atoms with van der Waals surface area (Å²) in [7, 11) is 0. The van der Waals surface area contributed by atoms with Crippen LogP contribution in [-0.2, 0) is 13.1 Å². The molecule has 2 heterocycles. The zero-order valence-electron chi connectivity index (χ0n) is 13.6. The van der Waals surface area contributed by atoms with E-state index >= 15 is 0 Å². The van der Waals surface area contributed by atoms with Gasteiger partial charge in [0.1, 0.15) is 5.69 Å². The van der Waals surface area contributed by atoms with Crippen LogP contribution in [-0.4, -0.2) is 32.0 Å². The Bertz CT molecular complexity index is 838. The normalized spacial score (nSPS) is 11.1. The minimum absolute atomic E-state index is 0.141. The van der Waals surface area contributed by atoms with Crippen LogP contribution in [0.1, 0.15) is 30.3 Å². The quantitative estimate of drug-likeness (QED) is 0.669. The Morgan fingerprint density at radius 3 is 3.00 bits per heavy atom. The Kier molecular flexibility index (Phi) is 5.15. The predicted octanol–water partition coefficient (Wildman–Crippen LogP) is 3.12. The molecule has 7 heteroatoms. The number of fused-ring (bicyclic) bond motifs is 1. The summed E-state index contributed by atoms with van der Waals surface area (Å²) in [6.07, 6.45) is 5.38. The van der Waals surface area contributed by atoms with E-state index in [0.717, 1.165) is 30.3 Å². The molecule has 2 aromatic heterocycles. The molecule has 0 bridgehead atoms. The maximum Gasteiger partial charge on any atom is 0.271 e. The van der Waals surface area contributed by atoms with Crippen LogP contribution in [0.3, 0.4) is 0 Å². The Hall–Kier alpha value is -2.34. The minimum Gasteiger partial charge on any atom is -0.351 e. The molecule has 24 heavy (non-hydrogen) atoms. The number of carbonyl (C=O) groups excluding carboxylic acids is 1. The molecule has 0 fully saturated rings. The first-order chi connectivity index (χ1) is 11.7. The number of amides is 1.